The molecule has 0 radical (unpaired) electrons. The van der Waals surface area contributed by atoms with Crippen LogP contribution >= 0.6 is 0 Å². The predicted octanol–water partition coefficient (Wildman–Crippen LogP) is 3.99. The number of carbonyl (C=O) groups excluding carboxylic acids is 1. The number of fused-ring (bicyclic) bond motifs is 2. The summed E-state index contributed by atoms with van der Waals surface area (Å²) in [4.78, 5) is 26.0. The van der Waals surface area contributed by atoms with E-state index >= 15 is 0 Å². The van der Waals surface area contributed by atoms with Gasteiger partial charge >= 0.3 is 5.97 Å². The molecule has 3 N–H and O–H groups in total. The Kier molecular flexibility index (Phi) is 4.60. The minimum Gasteiger partial charge on any atom is -0.474 e. The first-order valence-corrected chi connectivity index (χ1v) is 10.8. The van der Waals surface area contributed by atoms with E-state index in [1.54, 1.807) is 24.5 Å². The van der Waals surface area contributed by atoms with Gasteiger partial charge < -0.3 is 20.5 Å². The molecule has 0 amide bonds. The van der Waals surface area contributed by atoms with E-state index in [0.717, 1.165) is 29.2 Å². The molecule has 8 heteroatoms. The van der Waals surface area contributed by atoms with Crippen LogP contribution < -0.4 is 15.8 Å². The van der Waals surface area contributed by atoms with Crippen LogP contribution in [0.3, 0.4) is 0 Å². The number of cyclic esters (lactones) is 1. The molecule has 5 rings (SSSR count). The van der Waals surface area contributed by atoms with Gasteiger partial charge in [0.2, 0.25) is 5.88 Å². The molecule has 166 valence electrons. The number of pyridine rings is 3. The number of aromatic nitrogens is 3. The maximum Gasteiger partial charge on any atom is 0.340 e. The lowest BCUT2D eigenvalue weighted by Crippen LogP contribution is -2.36. The minimum atomic E-state index is -0.585. The van der Waals surface area contributed by atoms with Crippen LogP contribution in [0.5, 0.6) is 5.88 Å². The molecule has 1 aliphatic carbocycles. The van der Waals surface area contributed by atoms with Crippen LogP contribution in [0.25, 0.3) is 10.8 Å². The SMILES string of the molecule is CC1(C)Cc2nc(Nc3cc4c(C(C)(C)N)cnc(OC5CC5)c4cn3)ccc2C(=O)O1. The van der Waals surface area contributed by atoms with E-state index in [1.807, 2.05) is 33.8 Å². The van der Waals surface area contributed by atoms with E-state index in [-0.39, 0.29) is 12.1 Å². The number of esters is 1. The van der Waals surface area contributed by atoms with Crippen LogP contribution in [0.2, 0.25) is 0 Å². The number of hydrogen-bond donors (Lipinski definition) is 2. The summed E-state index contributed by atoms with van der Waals surface area (Å²) in [7, 11) is 0. The van der Waals surface area contributed by atoms with E-state index in [2.05, 4.69) is 20.3 Å². The summed E-state index contributed by atoms with van der Waals surface area (Å²) >= 11 is 0. The molecule has 4 heterocycles. The number of nitrogens with one attached hydrogen (secondary N) is 1. The van der Waals surface area contributed by atoms with Crippen molar-refractivity contribution in [1.82, 2.24) is 15.0 Å². The van der Waals surface area contributed by atoms with Crippen LogP contribution in [0.1, 0.15) is 62.2 Å². The van der Waals surface area contributed by atoms with Gasteiger partial charge in [0.25, 0.3) is 0 Å². The van der Waals surface area contributed by atoms with Gasteiger partial charge in [-0.3, -0.25) is 0 Å². The molecule has 2 aliphatic rings. The molecule has 0 atom stereocenters. The monoisotopic (exact) mass is 433 g/mol. The van der Waals surface area contributed by atoms with Gasteiger partial charge in [-0.05, 0) is 69.7 Å². The Labute approximate surface area is 186 Å². The average molecular weight is 434 g/mol. The lowest BCUT2D eigenvalue weighted by Gasteiger charge is -2.30. The van der Waals surface area contributed by atoms with Crippen LogP contribution in [0.15, 0.2) is 30.6 Å². The first-order valence-electron chi connectivity index (χ1n) is 10.8. The van der Waals surface area contributed by atoms with Gasteiger partial charge in [0.1, 0.15) is 23.3 Å². The average Bonchev–Trinajstić information content (AvgIpc) is 3.50. The standard InChI is InChI=1S/C24H27N5O3/c1-23(2)10-18-14(22(30)32-23)7-8-19(28-18)29-20-9-15-16(11-26-20)21(31-13-5-6-13)27-12-17(15)24(3,4)25/h7-9,11-13H,5-6,10,25H2,1-4H3,(H,26,28,29). The van der Waals surface area contributed by atoms with Crippen molar-refractivity contribution in [2.45, 2.75) is 64.2 Å². The van der Waals surface area contributed by atoms with Crippen molar-refractivity contribution in [3.63, 3.8) is 0 Å². The lowest BCUT2D eigenvalue weighted by molar-refractivity contribution is -0.00714. The predicted molar refractivity (Wildman–Crippen MR) is 121 cm³/mol. The Morgan fingerprint density at radius 3 is 2.66 bits per heavy atom. The van der Waals surface area contributed by atoms with Gasteiger partial charge in [-0.15, -0.1) is 0 Å². The quantitative estimate of drug-likeness (QED) is 0.581. The molecular formula is C24H27N5O3. The normalized spacial score (nSPS) is 17.6. The van der Waals surface area contributed by atoms with E-state index in [1.165, 1.54) is 0 Å². The van der Waals surface area contributed by atoms with E-state index in [9.17, 15) is 4.79 Å². The summed E-state index contributed by atoms with van der Waals surface area (Å²) in [6, 6.07) is 5.44. The zero-order valence-corrected chi connectivity index (χ0v) is 18.7. The summed E-state index contributed by atoms with van der Waals surface area (Å²) in [5, 5.41) is 5.03. The van der Waals surface area contributed by atoms with Crippen molar-refractivity contribution in [2.75, 3.05) is 5.32 Å². The van der Waals surface area contributed by atoms with Crippen molar-refractivity contribution in [3.8, 4) is 5.88 Å². The number of nitrogens with two attached hydrogens (primary N) is 1. The topological polar surface area (TPSA) is 112 Å². The number of rotatable bonds is 5. The molecule has 0 bridgehead atoms. The van der Waals surface area contributed by atoms with Crippen LogP contribution in [0.4, 0.5) is 11.6 Å². The summed E-state index contributed by atoms with van der Waals surface area (Å²) in [5.74, 6) is 1.47. The fourth-order valence-electron chi connectivity index (χ4n) is 3.90. The highest BCUT2D eigenvalue weighted by Crippen LogP contribution is 2.36. The highest BCUT2D eigenvalue weighted by molar-refractivity contribution is 5.93. The van der Waals surface area contributed by atoms with Gasteiger partial charge in [-0.25, -0.2) is 19.7 Å². The largest absolute Gasteiger partial charge is 0.474 e. The lowest BCUT2D eigenvalue weighted by atomic mass is 9.93. The maximum absolute atomic E-state index is 12.2. The highest BCUT2D eigenvalue weighted by Gasteiger charge is 2.33. The van der Waals surface area contributed by atoms with E-state index in [0.29, 0.717) is 35.2 Å². The molecule has 3 aromatic rings. The Morgan fingerprint density at radius 1 is 1.16 bits per heavy atom. The van der Waals surface area contributed by atoms with Crippen LogP contribution in [-0.2, 0) is 16.7 Å². The maximum atomic E-state index is 12.2. The van der Waals surface area contributed by atoms with Gasteiger partial charge in [0.05, 0.1) is 16.6 Å². The first kappa shape index (κ1) is 20.6. The molecule has 0 spiro atoms. The smallest absolute Gasteiger partial charge is 0.340 e. The minimum absolute atomic E-state index is 0.232. The molecule has 0 aromatic carbocycles. The number of nitrogens with zero attached hydrogens (tertiary/aromatic N) is 3. The number of ether oxygens (including phenoxy) is 2. The van der Waals surface area contributed by atoms with Gasteiger partial charge in [-0.1, -0.05) is 0 Å². The second-order valence-corrected chi connectivity index (χ2v) is 9.77. The molecule has 8 nitrogen and oxygen atoms in total. The Hall–Kier alpha value is -3.26. The number of anilines is 2. The molecule has 1 fully saturated rings. The zero-order chi connectivity index (χ0) is 22.7. The van der Waals surface area contributed by atoms with Crippen LogP contribution in [0, 0.1) is 0 Å². The van der Waals surface area contributed by atoms with E-state index < -0.39 is 11.1 Å². The van der Waals surface area contributed by atoms with Crippen molar-refractivity contribution in [2.24, 2.45) is 5.73 Å². The highest BCUT2D eigenvalue weighted by atomic mass is 16.6. The fraction of sp³-hybridized carbons (Fsp3) is 0.417. The van der Waals surface area contributed by atoms with Gasteiger partial charge in [0.15, 0.2) is 0 Å². The van der Waals surface area contributed by atoms with Crippen molar-refractivity contribution in [3.05, 3.63) is 47.4 Å². The second kappa shape index (κ2) is 7.13. The Morgan fingerprint density at radius 2 is 1.94 bits per heavy atom. The first-order chi connectivity index (χ1) is 15.1. The third kappa shape index (κ3) is 3.98. The summed E-state index contributed by atoms with van der Waals surface area (Å²) in [5.41, 5.74) is 7.38. The van der Waals surface area contributed by atoms with Crippen molar-refractivity contribution in [1.29, 1.82) is 0 Å². The Bertz CT molecular complexity index is 1230. The van der Waals surface area contributed by atoms with Crippen molar-refractivity contribution >= 4 is 28.4 Å². The van der Waals surface area contributed by atoms with Gasteiger partial charge in [-0.2, -0.15) is 0 Å². The van der Waals surface area contributed by atoms with Gasteiger partial charge in [0, 0.05) is 24.4 Å². The van der Waals surface area contributed by atoms with Crippen molar-refractivity contribution < 1.29 is 14.3 Å². The second-order valence-electron chi connectivity index (χ2n) is 9.77. The summed E-state index contributed by atoms with van der Waals surface area (Å²) in [6.07, 6.45) is 6.43. The Balaban J connectivity index is 1.52. The summed E-state index contributed by atoms with van der Waals surface area (Å²) in [6.45, 7) is 7.66. The molecule has 1 aliphatic heterocycles. The molecule has 32 heavy (non-hydrogen) atoms. The van der Waals surface area contributed by atoms with Crippen LogP contribution in [-0.4, -0.2) is 32.6 Å². The molecule has 0 unspecified atom stereocenters. The van der Waals surface area contributed by atoms with E-state index in [4.69, 9.17) is 15.2 Å². The number of carbonyl (C=O) groups is 1. The summed E-state index contributed by atoms with van der Waals surface area (Å²) < 4.78 is 11.4. The third-order valence-electron chi connectivity index (χ3n) is 5.64. The number of hydrogen-bond acceptors (Lipinski definition) is 8. The fourth-order valence-corrected chi connectivity index (χ4v) is 3.90. The molecule has 3 aromatic heterocycles. The third-order valence-corrected chi connectivity index (χ3v) is 5.64. The molecule has 1 saturated carbocycles. The molecular weight excluding hydrogens is 406 g/mol. The molecule has 0 saturated heterocycles. The zero-order valence-electron chi connectivity index (χ0n) is 18.7.